The molecule has 2 aliphatic rings. The highest BCUT2D eigenvalue weighted by Crippen LogP contribution is 2.33. The Morgan fingerprint density at radius 3 is 2.67 bits per heavy atom. The summed E-state index contributed by atoms with van der Waals surface area (Å²) in [6, 6.07) is 17.7. The van der Waals surface area contributed by atoms with Crippen molar-refractivity contribution in [1.82, 2.24) is 10.3 Å². The topological polar surface area (TPSA) is 84.1 Å². The average molecular weight is 464 g/mol. The molecule has 1 unspecified atom stereocenters. The van der Waals surface area contributed by atoms with E-state index < -0.39 is 0 Å². The van der Waals surface area contributed by atoms with E-state index in [9.17, 15) is 9.59 Å². The zero-order valence-electron chi connectivity index (χ0n) is 17.7. The van der Waals surface area contributed by atoms with Gasteiger partial charge in [-0.05, 0) is 60.9 Å². The first-order valence-corrected chi connectivity index (χ1v) is 11.2. The Hall–Kier alpha value is -3.58. The van der Waals surface area contributed by atoms with Gasteiger partial charge in [0.1, 0.15) is 17.6 Å². The van der Waals surface area contributed by atoms with Crippen molar-refractivity contribution in [1.29, 1.82) is 0 Å². The molecule has 1 saturated carbocycles. The first-order valence-electron chi connectivity index (χ1n) is 10.8. The second-order valence-electron chi connectivity index (χ2n) is 8.09. The van der Waals surface area contributed by atoms with Crippen molar-refractivity contribution in [2.24, 2.45) is 5.10 Å². The molecule has 2 heterocycles. The molecule has 0 saturated heterocycles. The maximum absolute atomic E-state index is 13.1. The predicted molar refractivity (Wildman–Crippen MR) is 123 cm³/mol. The zero-order valence-corrected chi connectivity index (χ0v) is 18.5. The number of nitrogens with one attached hydrogen (secondary N) is 1. The second-order valence-corrected chi connectivity index (χ2v) is 8.53. The lowest BCUT2D eigenvalue weighted by Gasteiger charge is -2.20. The van der Waals surface area contributed by atoms with Gasteiger partial charge in [-0.15, -0.1) is 0 Å². The Bertz CT molecular complexity index is 1190. The van der Waals surface area contributed by atoms with Crippen LogP contribution in [0.4, 0.5) is 0 Å². The highest BCUT2D eigenvalue weighted by atomic mass is 35.5. The molecular formula is C25H22ClN3O4. The van der Waals surface area contributed by atoms with E-state index in [1.807, 2.05) is 18.2 Å². The van der Waals surface area contributed by atoms with E-state index in [0.717, 1.165) is 24.1 Å². The molecule has 33 heavy (non-hydrogen) atoms. The molecule has 168 valence electrons. The minimum absolute atomic E-state index is 0.135. The summed E-state index contributed by atoms with van der Waals surface area (Å²) in [6.07, 6.45) is 4.12. The smallest absolute Gasteiger partial charge is 0.281 e. The van der Waals surface area contributed by atoms with Crippen molar-refractivity contribution >= 4 is 29.1 Å². The van der Waals surface area contributed by atoms with Gasteiger partial charge in [-0.25, -0.2) is 5.01 Å². The van der Waals surface area contributed by atoms with Crippen LogP contribution in [0, 0.1) is 0 Å². The van der Waals surface area contributed by atoms with Gasteiger partial charge in [0.15, 0.2) is 6.61 Å². The fourth-order valence-electron chi connectivity index (χ4n) is 3.69. The number of ether oxygens (including phenoxy) is 1. The third-order valence-corrected chi connectivity index (χ3v) is 5.84. The fourth-order valence-corrected chi connectivity index (χ4v) is 3.82. The van der Waals surface area contributed by atoms with E-state index >= 15 is 0 Å². The monoisotopic (exact) mass is 463 g/mol. The number of benzene rings is 2. The normalized spacial score (nSPS) is 17.5. The molecule has 0 spiro atoms. The molecule has 7 nitrogen and oxygen atoms in total. The maximum atomic E-state index is 13.1. The summed E-state index contributed by atoms with van der Waals surface area (Å²) < 4.78 is 11.3. The predicted octanol–water partition coefficient (Wildman–Crippen LogP) is 4.58. The van der Waals surface area contributed by atoms with Gasteiger partial charge >= 0.3 is 0 Å². The molecule has 0 radical (unpaired) electrons. The van der Waals surface area contributed by atoms with E-state index in [1.54, 1.807) is 48.7 Å². The van der Waals surface area contributed by atoms with Crippen molar-refractivity contribution in [2.45, 2.75) is 31.3 Å². The molecule has 8 heteroatoms. The van der Waals surface area contributed by atoms with Gasteiger partial charge in [-0.3, -0.25) is 9.59 Å². The second kappa shape index (κ2) is 9.11. The molecule has 1 aliphatic carbocycles. The van der Waals surface area contributed by atoms with Crippen LogP contribution in [0.25, 0.3) is 0 Å². The molecule has 2 amide bonds. The van der Waals surface area contributed by atoms with E-state index in [4.69, 9.17) is 20.8 Å². The number of nitrogens with zero attached hydrogens (tertiary/aromatic N) is 2. The third-order valence-electron chi connectivity index (χ3n) is 5.59. The van der Waals surface area contributed by atoms with E-state index in [2.05, 4.69) is 10.4 Å². The van der Waals surface area contributed by atoms with Crippen molar-refractivity contribution in [2.75, 3.05) is 6.61 Å². The van der Waals surface area contributed by atoms with Crippen LogP contribution in [0.3, 0.4) is 0 Å². The summed E-state index contributed by atoms with van der Waals surface area (Å²) >= 11 is 6.00. The lowest BCUT2D eigenvalue weighted by atomic mass is 10.0. The van der Waals surface area contributed by atoms with Crippen LogP contribution in [0.1, 0.15) is 47.0 Å². The van der Waals surface area contributed by atoms with Crippen molar-refractivity contribution in [3.8, 4) is 5.75 Å². The summed E-state index contributed by atoms with van der Waals surface area (Å²) in [6.45, 7) is -0.220. The van der Waals surface area contributed by atoms with Crippen LogP contribution < -0.4 is 10.1 Å². The van der Waals surface area contributed by atoms with Crippen LogP contribution in [0.5, 0.6) is 5.75 Å². The van der Waals surface area contributed by atoms with Gasteiger partial charge in [0.05, 0.1) is 12.0 Å². The van der Waals surface area contributed by atoms with Gasteiger partial charge in [-0.1, -0.05) is 29.8 Å². The van der Waals surface area contributed by atoms with Gasteiger partial charge in [-0.2, -0.15) is 5.10 Å². The first kappa shape index (κ1) is 21.3. The summed E-state index contributed by atoms with van der Waals surface area (Å²) in [7, 11) is 0. The highest BCUT2D eigenvalue weighted by molar-refractivity contribution is 6.30. The quantitative estimate of drug-likeness (QED) is 0.555. The van der Waals surface area contributed by atoms with Crippen LogP contribution in [-0.4, -0.2) is 35.2 Å². The minimum Gasteiger partial charge on any atom is -0.484 e. The van der Waals surface area contributed by atoms with Crippen LogP contribution in [-0.2, 0) is 4.79 Å². The van der Waals surface area contributed by atoms with E-state index in [1.165, 1.54) is 5.01 Å². The molecule has 1 aromatic heterocycles. The van der Waals surface area contributed by atoms with Crippen molar-refractivity contribution in [3.63, 3.8) is 0 Å². The van der Waals surface area contributed by atoms with Gasteiger partial charge in [0.25, 0.3) is 11.8 Å². The molecule has 1 atom stereocenters. The molecule has 2 aromatic carbocycles. The molecule has 0 bridgehead atoms. The lowest BCUT2D eigenvalue weighted by molar-refractivity contribution is -0.135. The highest BCUT2D eigenvalue weighted by Gasteiger charge is 2.35. The number of carbonyl (C=O) groups excluding carboxylic acids is 2. The number of carbonyl (C=O) groups is 2. The van der Waals surface area contributed by atoms with Crippen molar-refractivity contribution < 1.29 is 18.7 Å². The van der Waals surface area contributed by atoms with Crippen molar-refractivity contribution in [3.05, 3.63) is 88.8 Å². The summed E-state index contributed by atoms with van der Waals surface area (Å²) in [4.78, 5) is 25.4. The molecule has 3 aromatic rings. The number of halogens is 1. The number of furan rings is 1. The van der Waals surface area contributed by atoms with E-state index in [0.29, 0.717) is 28.5 Å². The molecular weight excluding hydrogens is 442 g/mol. The Kier molecular flexibility index (Phi) is 5.88. The zero-order chi connectivity index (χ0) is 22.8. The molecule has 1 N–H and O–H groups in total. The van der Waals surface area contributed by atoms with Gasteiger partial charge < -0.3 is 14.5 Å². The number of hydrazone groups is 1. The summed E-state index contributed by atoms with van der Waals surface area (Å²) in [5.41, 5.74) is 2.16. The lowest BCUT2D eigenvalue weighted by Crippen LogP contribution is -2.31. The van der Waals surface area contributed by atoms with E-state index in [-0.39, 0.29) is 30.5 Å². The number of hydrogen-bond acceptors (Lipinski definition) is 5. The summed E-state index contributed by atoms with van der Waals surface area (Å²) in [5.74, 6) is 0.648. The van der Waals surface area contributed by atoms with Gasteiger partial charge in [0, 0.05) is 23.0 Å². The van der Waals surface area contributed by atoms with Crippen LogP contribution >= 0.6 is 11.6 Å². The minimum atomic E-state index is -0.363. The Balaban J connectivity index is 1.30. The molecule has 5 rings (SSSR count). The standard InChI is InChI=1S/C25H22ClN3O4/c26-18-8-6-16(7-9-18)21-14-22(23-5-2-12-32-23)29(28-21)24(30)15-33-20-4-1-3-17(13-20)25(31)27-19-10-11-19/h1-9,12-13,19,22H,10-11,14-15H2,(H,27,31). The SMILES string of the molecule is O=C(NC1CC1)c1cccc(OCC(=O)N2N=C(c3ccc(Cl)cc3)CC2c2ccco2)c1. The number of amides is 2. The molecule has 1 fully saturated rings. The number of rotatable bonds is 7. The van der Waals surface area contributed by atoms with Crippen LogP contribution in [0.2, 0.25) is 5.02 Å². The Morgan fingerprint density at radius 2 is 1.94 bits per heavy atom. The largest absolute Gasteiger partial charge is 0.484 e. The Morgan fingerprint density at radius 1 is 1.12 bits per heavy atom. The summed E-state index contributed by atoms with van der Waals surface area (Å²) in [5, 5.41) is 9.57. The third kappa shape index (κ3) is 4.93. The van der Waals surface area contributed by atoms with Gasteiger partial charge in [0.2, 0.25) is 0 Å². The number of hydrogen-bond donors (Lipinski definition) is 1. The average Bonchev–Trinajstić information content (AvgIpc) is 3.29. The Labute approximate surface area is 196 Å². The van der Waals surface area contributed by atoms with Crippen LogP contribution in [0.15, 0.2) is 76.4 Å². The first-order chi connectivity index (χ1) is 16.1. The fraction of sp³-hybridized carbons (Fsp3) is 0.240. The molecule has 1 aliphatic heterocycles. The maximum Gasteiger partial charge on any atom is 0.281 e.